The average molecular weight is 235 g/mol. The van der Waals surface area contributed by atoms with Gasteiger partial charge in [-0.2, -0.15) is 0 Å². The van der Waals surface area contributed by atoms with Crippen LogP contribution in [0.5, 0.6) is 0 Å². The van der Waals surface area contributed by atoms with Crippen LogP contribution >= 0.6 is 0 Å². The number of ether oxygens (including phenoxy) is 1. The zero-order chi connectivity index (χ0) is 12.3. The van der Waals surface area contributed by atoms with Crippen molar-refractivity contribution in [2.45, 2.75) is 13.0 Å². The zero-order valence-corrected chi connectivity index (χ0v) is 9.70. The van der Waals surface area contributed by atoms with E-state index in [4.69, 9.17) is 0 Å². The Morgan fingerprint density at radius 2 is 2.29 bits per heavy atom. The number of methoxy groups -OCH3 is 1. The first kappa shape index (κ1) is 11.3. The molecule has 0 bridgehead atoms. The van der Waals surface area contributed by atoms with Gasteiger partial charge in [-0.1, -0.05) is 0 Å². The van der Waals surface area contributed by atoms with Gasteiger partial charge in [-0.25, -0.2) is 14.8 Å². The van der Waals surface area contributed by atoms with Crippen molar-refractivity contribution in [3.8, 4) is 0 Å². The summed E-state index contributed by atoms with van der Waals surface area (Å²) in [4.78, 5) is 19.2. The Hall–Kier alpha value is -2.18. The maximum Gasteiger partial charge on any atom is 0.377 e. The van der Waals surface area contributed by atoms with Crippen molar-refractivity contribution in [1.82, 2.24) is 24.3 Å². The van der Waals surface area contributed by atoms with Gasteiger partial charge in [0, 0.05) is 32.4 Å². The number of aryl methyl sites for hydroxylation is 3. The Kier molecular flexibility index (Phi) is 3.17. The Balaban J connectivity index is 1.98. The van der Waals surface area contributed by atoms with Crippen LogP contribution in [0.25, 0.3) is 0 Å². The molecule has 0 unspecified atom stereocenters. The van der Waals surface area contributed by atoms with E-state index in [1.54, 1.807) is 10.9 Å². The molecule has 17 heavy (non-hydrogen) atoms. The summed E-state index contributed by atoms with van der Waals surface area (Å²) in [6.07, 6.45) is 5.87. The van der Waals surface area contributed by atoms with E-state index in [2.05, 4.69) is 19.8 Å². The summed E-state index contributed by atoms with van der Waals surface area (Å²) in [6, 6.07) is 0. The van der Waals surface area contributed by atoms with Gasteiger partial charge in [0.1, 0.15) is 12.2 Å². The van der Waals surface area contributed by atoms with Crippen molar-refractivity contribution < 1.29 is 9.53 Å². The monoisotopic (exact) mass is 235 g/mol. The molecular formula is C10H13N5O2. The molecule has 0 aromatic carbocycles. The molecule has 2 heterocycles. The average Bonchev–Trinajstić information content (AvgIpc) is 2.94. The number of carbonyl (C=O) groups is 1. The maximum atomic E-state index is 11.1. The molecule has 0 N–H and O–H groups in total. The lowest BCUT2D eigenvalue weighted by molar-refractivity contribution is 0.0586. The van der Waals surface area contributed by atoms with Crippen LogP contribution in [0.2, 0.25) is 0 Å². The first-order valence-electron chi connectivity index (χ1n) is 5.14. The SMILES string of the molecule is COC(=O)c1ncn(CCc2nccn2C)n1. The molecule has 7 nitrogen and oxygen atoms in total. The van der Waals surface area contributed by atoms with Gasteiger partial charge >= 0.3 is 5.97 Å². The van der Waals surface area contributed by atoms with E-state index in [0.717, 1.165) is 12.2 Å². The number of carbonyl (C=O) groups excluding carboxylic acids is 1. The van der Waals surface area contributed by atoms with Crippen molar-refractivity contribution in [2.24, 2.45) is 7.05 Å². The highest BCUT2D eigenvalue weighted by Crippen LogP contribution is 1.99. The minimum atomic E-state index is -0.527. The van der Waals surface area contributed by atoms with Crippen molar-refractivity contribution >= 4 is 5.97 Å². The van der Waals surface area contributed by atoms with Gasteiger partial charge in [0.2, 0.25) is 0 Å². The van der Waals surface area contributed by atoms with Gasteiger partial charge in [0.05, 0.1) is 7.11 Å². The van der Waals surface area contributed by atoms with Crippen molar-refractivity contribution in [1.29, 1.82) is 0 Å². The number of aromatic nitrogens is 5. The summed E-state index contributed by atoms with van der Waals surface area (Å²) < 4.78 is 8.07. The minimum absolute atomic E-state index is 0.0762. The Bertz CT molecular complexity index is 516. The summed E-state index contributed by atoms with van der Waals surface area (Å²) >= 11 is 0. The largest absolute Gasteiger partial charge is 0.463 e. The normalized spacial score (nSPS) is 10.5. The quantitative estimate of drug-likeness (QED) is 0.699. The van der Waals surface area contributed by atoms with E-state index in [9.17, 15) is 4.79 Å². The molecule has 0 atom stereocenters. The van der Waals surface area contributed by atoms with Gasteiger partial charge in [0.15, 0.2) is 0 Å². The van der Waals surface area contributed by atoms with Gasteiger partial charge in [-0.05, 0) is 0 Å². The van der Waals surface area contributed by atoms with E-state index in [1.807, 2.05) is 17.8 Å². The molecule has 90 valence electrons. The molecule has 0 aliphatic rings. The second kappa shape index (κ2) is 4.77. The van der Waals surface area contributed by atoms with Crippen molar-refractivity contribution in [3.63, 3.8) is 0 Å². The van der Waals surface area contributed by atoms with Crippen LogP contribution in [0, 0.1) is 0 Å². The lowest BCUT2D eigenvalue weighted by Gasteiger charge is -2.01. The third-order valence-corrected chi connectivity index (χ3v) is 2.39. The fourth-order valence-electron chi connectivity index (χ4n) is 1.44. The predicted octanol–water partition coefficient (Wildman–Crippen LogP) is 0.0409. The van der Waals surface area contributed by atoms with Crippen LogP contribution in [0.15, 0.2) is 18.7 Å². The number of rotatable bonds is 4. The second-order valence-corrected chi connectivity index (χ2v) is 3.53. The highest BCUT2D eigenvalue weighted by atomic mass is 16.5. The summed E-state index contributed by atoms with van der Waals surface area (Å²) in [5.41, 5.74) is 0. The van der Waals surface area contributed by atoms with E-state index < -0.39 is 5.97 Å². The molecule has 0 saturated heterocycles. The molecule has 2 aromatic rings. The molecule has 0 fully saturated rings. The zero-order valence-electron chi connectivity index (χ0n) is 9.70. The van der Waals surface area contributed by atoms with Crippen LogP contribution in [0.4, 0.5) is 0 Å². The smallest absolute Gasteiger partial charge is 0.377 e. The lowest BCUT2D eigenvalue weighted by atomic mass is 10.4. The fourth-order valence-corrected chi connectivity index (χ4v) is 1.44. The fraction of sp³-hybridized carbons (Fsp3) is 0.400. The molecule has 2 rings (SSSR count). The van der Waals surface area contributed by atoms with Crippen LogP contribution in [0.1, 0.15) is 16.4 Å². The second-order valence-electron chi connectivity index (χ2n) is 3.53. The van der Waals surface area contributed by atoms with Crippen LogP contribution in [0.3, 0.4) is 0 Å². The molecule has 0 saturated carbocycles. The first-order chi connectivity index (χ1) is 8.20. The number of esters is 1. The molecule has 0 aliphatic carbocycles. The molecule has 0 radical (unpaired) electrons. The maximum absolute atomic E-state index is 11.1. The van der Waals surface area contributed by atoms with Crippen molar-refractivity contribution in [2.75, 3.05) is 7.11 Å². The highest BCUT2D eigenvalue weighted by molar-refractivity contribution is 5.84. The van der Waals surface area contributed by atoms with E-state index in [0.29, 0.717) is 6.54 Å². The number of nitrogens with zero attached hydrogens (tertiary/aromatic N) is 5. The van der Waals surface area contributed by atoms with E-state index in [1.165, 1.54) is 13.4 Å². The third kappa shape index (κ3) is 2.49. The summed E-state index contributed by atoms with van der Waals surface area (Å²) in [6.45, 7) is 0.620. The molecule has 7 heteroatoms. The number of imidazole rings is 1. The van der Waals surface area contributed by atoms with Crippen LogP contribution < -0.4 is 0 Å². The first-order valence-corrected chi connectivity index (χ1v) is 5.14. The Morgan fingerprint density at radius 3 is 2.94 bits per heavy atom. The molecule has 0 aliphatic heterocycles. The van der Waals surface area contributed by atoms with Gasteiger partial charge in [0.25, 0.3) is 5.82 Å². The van der Waals surface area contributed by atoms with Gasteiger partial charge < -0.3 is 9.30 Å². The number of hydrogen-bond acceptors (Lipinski definition) is 5. The Morgan fingerprint density at radius 1 is 1.47 bits per heavy atom. The lowest BCUT2D eigenvalue weighted by Crippen LogP contribution is -2.08. The molecule has 2 aromatic heterocycles. The minimum Gasteiger partial charge on any atom is -0.463 e. The van der Waals surface area contributed by atoms with Crippen LogP contribution in [-0.2, 0) is 24.8 Å². The molecule has 0 amide bonds. The topological polar surface area (TPSA) is 74.8 Å². The van der Waals surface area contributed by atoms with Crippen molar-refractivity contribution in [3.05, 3.63) is 30.4 Å². The van der Waals surface area contributed by atoms with Crippen LogP contribution in [-0.4, -0.2) is 37.4 Å². The standard InChI is InChI=1S/C10H13N5O2/c1-14-6-4-11-8(14)3-5-15-7-12-9(13-15)10(16)17-2/h4,6-7H,3,5H2,1-2H3. The van der Waals surface area contributed by atoms with Gasteiger partial charge in [-0.3, -0.25) is 4.68 Å². The predicted molar refractivity (Wildman–Crippen MR) is 58.3 cm³/mol. The summed E-state index contributed by atoms with van der Waals surface area (Å²) in [5, 5.41) is 4.00. The van der Waals surface area contributed by atoms with E-state index >= 15 is 0 Å². The van der Waals surface area contributed by atoms with E-state index in [-0.39, 0.29) is 5.82 Å². The Labute approximate surface area is 98.1 Å². The summed E-state index contributed by atoms with van der Waals surface area (Å²) in [5.74, 6) is 0.508. The number of hydrogen-bond donors (Lipinski definition) is 0. The molecular weight excluding hydrogens is 222 g/mol. The van der Waals surface area contributed by atoms with Gasteiger partial charge in [-0.15, -0.1) is 5.10 Å². The highest BCUT2D eigenvalue weighted by Gasteiger charge is 2.11. The third-order valence-electron chi connectivity index (χ3n) is 2.39. The summed E-state index contributed by atoms with van der Waals surface area (Å²) in [7, 11) is 3.24. The molecule has 0 spiro atoms.